The number of carbonyl (C=O) groups is 1. The lowest BCUT2D eigenvalue weighted by molar-refractivity contribution is -0.378. The number of carbonyl (C=O) groups excluding carboxylic acids is 1. The smallest absolute Gasteiger partial charge is 0.430 e. The molecule has 1 heterocycles. The van der Waals surface area contributed by atoms with E-state index in [1.54, 1.807) is 4.98 Å². The molecule has 0 bridgehead atoms. The zero-order valence-electron chi connectivity index (χ0n) is 16.2. The van der Waals surface area contributed by atoms with Crippen LogP contribution in [0.5, 0.6) is 0 Å². The topological polar surface area (TPSA) is 82.6 Å². The lowest BCUT2D eigenvalue weighted by Gasteiger charge is -2.36. The standard InChI is InChI=1S/C17H11F12NO4/c1-34-10(31)2-6-5-30-11-8(6)3-7(12(32,14(18,19)20)15(21,22)23)4-9(11)13(33,16(24,25)26)17(27,28)29/h3-5,30,32-33H,2H2,1H3. The molecule has 5 nitrogen and oxygen atoms in total. The molecule has 0 saturated carbocycles. The van der Waals surface area contributed by atoms with E-state index in [4.69, 9.17) is 0 Å². The predicted molar refractivity (Wildman–Crippen MR) is 86.0 cm³/mol. The highest BCUT2D eigenvalue weighted by atomic mass is 19.4. The zero-order chi connectivity index (χ0) is 26.7. The summed E-state index contributed by atoms with van der Waals surface area (Å²) in [6, 6.07) is -1.09. The molecule has 2 aromatic rings. The Bertz CT molecular complexity index is 1050. The van der Waals surface area contributed by atoms with Crippen LogP contribution in [-0.2, 0) is 27.2 Å². The highest BCUT2D eigenvalue weighted by Crippen LogP contribution is 2.55. The molecule has 0 spiro atoms. The molecule has 0 aliphatic heterocycles. The number of methoxy groups -OCH3 is 1. The predicted octanol–water partition coefficient (Wildman–Crippen LogP) is 4.51. The fourth-order valence-electron chi connectivity index (χ4n) is 3.11. The van der Waals surface area contributed by atoms with Gasteiger partial charge in [-0.05, 0) is 17.7 Å². The minimum atomic E-state index is -6.71. The van der Waals surface area contributed by atoms with Gasteiger partial charge in [0.1, 0.15) is 0 Å². The minimum Gasteiger partial charge on any atom is -0.469 e. The molecular weight excluding hydrogens is 510 g/mol. The van der Waals surface area contributed by atoms with Crippen molar-refractivity contribution in [3.63, 3.8) is 0 Å². The largest absolute Gasteiger partial charge is 0.469 e. The van der Waals surface area contributed by atoms with Gasteiger partial charge in [0, 0.05) is 22.7 Å². The molecule has 2 rings (SSSR count). The summed E-state index contributed by atoms with van der Waals surface area (Å²) in [5, 5.41) is 18.1. The van der Waals surface area contributed by atoms with Crippen LogP contribution in [-0.4, -0.2) is 53.0 Å². The molecule has 34 heavy (non-hydrogen) atoms. The summed E-state index contributed by atoms with van der Waals surface area (Å²) in [5.41, 5.74) is -19.1. The minimum absolute atomic E-state index is 0.193. The number of nitrogens with one attached hydrogen (secondary N) is 1. The Morgan fingerprint density at radius 2 is 1.26 bits per heavy atom. The van der Waals surface area contributed by atoms with Crippen molar-refractivity contribution in [1.82, 2.24) is 4.98 Å². The third-order valence-corrected chi connectivity index (χ3v) is 4.89. The summed E-state index contributed by atoms with van der Waals surface area (Å²) in [4.78, 5) is 13.2. The monoisotopic (exact) mass is 521 g/mol. The van der Waals surface area contributed by atoms with Crippen LogP contribution in [0.3, 0.4) is 0 Å². The van der Waals surface area contributed by atoms with Gasteiger partial charge in [-0.1, -0.05) is 0 Å². The van der Waals surface area contributed by atoms with E-state index < -0.39 is 82.0 Å². The number of halogens is 12. The number of rotatable bonds is 4. The summed E-state index contributed by atoms with van der Waals surface area (Å²) >= 11 is 0. The number of H-pyrrole nitrogens is 1. The van der Waals surface area contributed by atoms with Gasteiger partial charge in [-0.25, -0.2) is 0 Å². The number of hydrogen-bond acceptors (Lipinski definition) is 4. The van der Waals surface area contributed by atoms with Crippen molar-refractivity contribution in [3.05, 3.63) is 35.0 Å². The average Bonchev–Trinajstić information content (AvgIpc) is 3.04. The maximum atomic E-state index is 13.4. The first-order valence-corrected chi connectivity index (χ1v) is 8.47. The van der Waals surface area contributed by atoms with Crippen LogP contribution in [0.2, 0.25) is 0 Å². The van der Waals surface area contributed by atoms with E-state index in [2.05, 4.69) is 4.74 Å². The first-order chi connectivity index (χ1) is 15.0. The van der Waals surface area contributed by atoms with E-state index in [9.17, 15) is 67.7 Å². The van der Waals surface area contributed by atoms with Crippen LogP contribution in [0.15, 0.2) is 18.3 Å². The van der Waals surface area contributed by atoms with Gasteiger partial charge in [0.05, 0.1) is 19.0 Å². The van der Waals surface area contributed by atoms with Crippen molar-refractivity contribution < 1.29 is 72.4 Å². The van der Waals surface area contributed by atoms with Crippen molar-refractivity contribution in [2.24, 2.45) is 0 Å². The maximum absolute atomic E-state index is 13.4. The van der Waals surface area contributed by atoms with E-state index in [0.717, 1.165) is 7.11 Å². The van der Waals surface area contributed by atoms with Gasteiger partial charge < -0.3 is 19.9 Å². The van der Waals surface area contributed by atoms with Crippen molar-refractivity contribution in [2.45, 2.75) is 42.3 Å². The molecule has 0 saturated heterocycles. The quantitative estimate of drug-likeness (QED) is 0.409. The molecule has 0 aliphatic rings. The summed E-state index contributed by atoms with van der Waals surface area (Å²) in [7, 11) is 0.784. The van der Waals surface area contributed by atoms with Gasteiger partial charge in [-0.3, -0.25) is 4.79 Å². The second-order valence-electron chi connectivity index (χ2n) is 6.93. The van der Waals surface area contributed by atoms with Crippen molar-refractivity contribution in [2.75, 3.05) is 7.11 Å². The van der Waals surface area contributed by atoms with Gasteiger partial charge in [0.25, 0.3) is 11.2 Å². The number of aromatic nitrogens is 1. The van der Waals surface area contributed by atoms with E-state index in [-0.39, 0.29) is 6.07 Å². The average molecular weight is 521 g/mol. The second-order valence-corrected chi connectivity index (χ2v) is 6.93. The Labute approximate surface area is 179 Å². The van der Waals surface area contributed by atoms with Crippen LogP contribution < -0.4 is 0 Å². The summed E-state index contributed by atoms with van der Waals surface area (Å²) < 4.78 is 165. The Balaban J connectivity index is 3.14. The first kappa shape index (κ1) is 27.6. The van der Waals surface area contributed by atoms with Gasteiger partial charge in [0.15, 0.2) is 0 Å². The number of aliphatic hydroxyl groups is 2. The number of ether oxygens (including phenoxy) is 1. The Hall–Kier alpha value is -2.69. The molecule has 0 atom stereocenters. The van der Waals surface area contributed by atoms with Crippen molar-refractivity contribution in [1.29, 1.82) is 0 Å². The maximum Gasteiger partial charge on any atom is 0.430 e. The molecule has 0 fully saturated rings. The van der Waals surface area contributed by atoms with Gasteiger partial charge in [-0.2, -0.15) is 52.7 Å². The third-order valence-electron chi connectivity index (χ3n) is 4.89. The number of esters is 1. The van der Waals surface area contributed by atoms with E-state index in [1.807, 2.05) is 0 Å². The highest BCUT2D eigenvalue weighted by molar-refractivity contribution is 5.91. The molecule has 192 valence electrons. The van der Waals surface area contributed by atoms with Crippen LogP contribution in [0, 0.1) is 0 Å². The zero-order valence-corrected chi connectivity index (χ0v) is 16.2. The Kier molecular flexibility index (Phi) is 6.42. The molecule has 0 unspecified atom stereocenters. The number of aromatic amines is 1. The Morgan fingerprint density at radius 3 is 1.65 bits per heavy atom. The van der Waals surface area contributed by atoms with Crippen LogP contribution in [0.4, 0.5) is 52.7 Å². The van der Waals surface area contributed by atoms with Crippen molar-refractivity contribution >= 4 is 16.9 Å². The SMILES string of the molecule is COC(=O)Cc1c[nH]c2c(C(O)(C(F)(F)F)C(F)(F)F)cc(C(O)(C(F)(F)F)C(F)(F)F)cc12. The van der Waals surface area contributed by atoms with Gasteiger partial charge in [0.2, 0.25) is 0 Å². The highest BCUT2D eigenvalue weighted by Gasteiger charge is 2.74. The van der Waals surface area contributed by atoms with Crippen LogP contribution >= 0.6 is 0 Å². The van der Waals surface area contributed by atoms with Gasteiger partial charge >= 0.3 is 30.7 Å². The van der Waals surface area contributed by atoms with Crippen molar-refractivity contribution in [3.8, 4) is 0 Å². The second kappa shape index (κ2) is 7.93. The summed E-state index contributed by atoms with van der Waals surface area (Å²) in [6.45, 7) is 0. The lowest BCUT2D eigenvalue weighted by Crippen LogP contribution is -2.56. The third kappa shape index (κ3) is 4.03. The molecule has 0 amide bonds. The van der Waals surface area contributed by atoms with Gasteiger partial charge in [-0.15, -0.1) is 0 Å². The van der Waals surface area contributed by atoms with E-state index in [1.165, 1.54) is 0 Å². The lowest BCUT2D eigenvalue weighted by atomic mass is 9.83. The molecule has 1 aromatic carbocycles. The number of benzene rings is 1. The van der Waals surface area contributed by atoms with E-state index >= 15 is 0 Å². The Morgan fingerprint density at radius 1 is 0.824 bits per heavy atom. The fraction of sp³-hybridized carbons (Fsp3) is 0.471. The normalized spacial score (nSPS) is 14.6. The molecule has 17 heteroatoms. The summed E-state index contributed by atoms with van der Waals surface area (Å²) in [5.74, 6) is -1.23. The number of alkyl halides is 12. The number of hydrogen-bond donors (Lipinski definition) is 3. The molecule has 0 radical (unpaired) electrons. The molecule has 3 N–H and O–H groups in total. The van der Waals surface area contributed by atoms with Crippen LogP contribution in [0.1, 0.15) is 16.7 Å². The molecular formula is C17H11F12NO4. The summed E-state index contributed by atoms with van der Waals surface area (Å²) in [6.07, 6.45) is -27.3. The van der Waals surface area contributed by atoms with Crippen LogP contribution in [0.25, 0.3) is 10.9 Å². The fourth-order valence-corrected chi connectivity index (χ4v) is 3.11. The first-order valence-electron chi connectivity index (χ1n) is 8.47. The molecule has 0 aliphatic carbocycles. The van der Waals surface area contributed by atoms with E-state index in [0.29, 0.717) is 6.20 Å². The molecule has 1 aromatic heterocycles. The number of fused-ring (bicyclic) bond motifs is 1.